The van der Waals surface area contributed by atoms with Gasteiger partial charge >= 0.3 is 0 Å². The molecule has 0 unspecified atom stereocenters. The van der Waals surface area contributed by atoms with Gasteiger partial charge in [0.05, 0.1) is 17.6 Å². The van der Waals surface area contributed by atoms with E-state index >= 15 is 0 Å². The van der Waals surface area contributed by atoms with Crippen molar-refractivity contribution in [3.8, 4) is 5.75 Å². The highest BCUT2D eigenvalue weighted by Gasteiger charge is 2.13. The molecule has 8 heteroatoms. The maximum Gasteiger partial charge on any atom is 0.159 e. The van der Waals surface area contributed by atoms with Gasteiger partial charge in [-0.2, -0.15) is 0 Å². The van der Waals surface area contributed by atoms with Crippen molar-refractivity contribution in [2.45, 2.75) is 6.42 Å². The van der Waals surface area contributed by atoms with E-state index in [9.17, 15) is 9.18 Å². The molecule has 144 valence electrons. The highest BCUT2D eigenvalue weighted by atomic mass is 79.9. The Hall–Kier alpha value is -2.51. The number of hydrogen-bond acceptors (Lipinski definition) is 5. The first-order valence-corrected chi connectivity index (χ1v) is 9.80. The van der Waals surface area contributed by atoms with Gasteiger partial charge in [0, 0.05) is 34.5 Å². The number of nitrogens with zero attached hydrogens (tertiary/aromatic N) is 2. The quantitative estimate of drug-likeness (QED) is 0.383. The van der Waals surface area contributed by atoms with E-state index in [1.807, 2.05) is 6.07 Å². The van der Waals surface area contributed by atoms with Crippen LogP contribution in [0.2, 0.25) is 5.02 Å². The van der Waals surface area contributed by atoms with Crippen LogP contribution >= 0.6 is 27.5 Å². The molecule has 0 bridgehead atoms. The Bertz CT molecular complexity index is 1060. The lowest BCUT2D eigenvalue weighted by Gasteiger charge is -2.12. The summed E-state index contributed by atoms with van der Waals surface area (Å²) in [5, 5.41) is 4.44. The molecule has 1 heterocycles. The first-order valence-electron chi connectivity index (χ1n) is 8.31. The summed E-state index contributed by atoms with van der Waals surface area (Å²) < 4.78 is 18.8. The monoisotopic (exact) mass is 463 g/mol. The average molecular weight is 465 g/mol. The van der Waals surface area contributed by atoms with Gasteiger partial charge in [-0.3, -0.25) is 4.79 Å². The largest absolute Gasteiger partial charge is 0.496 e. The van der Waals surface area contributed by atoms with Crippen LogP contribution in [0.25, 0.3) is 10.9 Å². The third-order valence-corrected chi connectivity index (χ3v) is 4.64. The summed E-state index contributed by atoms with van der Waals surface area (Å²) in [5.74, 6) is 0.540. The Labute approximate surface area is 174 Å². The van der Waals surface area contributed by atoms with Crippen molar-refractivity contribution in [2.24, 2.45) is 0 Å². The fourth-order valence-electron chi connectivity index (χ4n) is 2.69. The molecule has 0 aliphatic rings. The molecule has 1 N–H and O–H groups in total. The van der Waals surface area contributed by atoms with E-state index in [2.05, 4.69) is 31.2 Å². The van der Waals surface area contributed by atoms with Crippen molar-refractivity contribution in [2.75, 3.05) is 17.8 Å². The van der Waals surface area contributed by atoms with E-state index in [1.165, 1.54) is 24.5 Å². The van der Waals surface area contributed by atoms with Gasteiger partial charge < -0.3 is 10.1 Å². The summed E-state index contributed by atoms with van der Waals surface area (Å²) >= 11 is 9.10. The Kier molecular flexibility index (Phi) is 6.59. The molecule has 0 saturated carbocycles. The van der Waals surface area contributed by atoms with Crippen LogP contribution in [0, 0.1) is 5.82 Å². The standard InChI is InChI=1S/C20H16BrClFN3O2/c1-28-19-10-18-15(8-12(19)7-14(27)3-2-6-21)20(25-11-24-18)26-13-4-5-17(23)16(22)9-13/h2-5,8-11H,6-7H2,1H3,(H,24,25,26)/b3-2+. The molecule has 3 rings (SSSR count). The van der Waals surface area contributed by atoms with Gasteiger partial charge in [0.15, 0.2) is 5.78 Å². The fraction of sp³-hybridized carbons (Fsp3) is 0.150. The number of ketones is 1. The van der Waals surface area contributed by atoms with E-state index in [0.717, 1.165) is 0 Å². The van der Waals surface area contributed by atoms with E-state index in [-0.39, 0.29) is 17.2 Å². The number of allylic oxidation sites excluding steroid dienone is 2. The molecule has 0 fully saturated rings. The molecule has 3 aromatic rings. The summed E-state index contributed by atoms with van der Waals surface area (Å²) in [5.41, 5.74) is 1.95. The first-order chi connectivity index (χ1) is 13.5. The lowest BCUT2D eigenvalue weighted by Crippen LogP contribution is -2.03. The molecule has 0 aliphatic heterocycles. The van der Waals surface area contributed by atoms with Crippen molar-refractivity contribution in [1.82, 2.24) is 9.97 Å². The van der Waals surface area contributed by atoms with Crippen LogP contribution in [0.4, 0.5) is 15.9 Å². The fourth-order valence-corrected chi connectivity index (χ4v) is 3.06. The van der Waals surface area contributed by atoms with Gasteiger partial charge in [0.1, 0.15) is 23.7 Å². The minimum absolute atomic E-state index is 0.00916. The molecule has 0 spiro atoms. The Morgan fingerprint density at radius 1 is 1.32 bits per heavy atom. The van der Waals surface area contributed by atoms with Crippen LogP contribution in [-0.4, -0.2) is 28.2 Å². The van der Waals surface area contributed by atoms with Gasteiger partial charge in [-0.25, -0.2) is 14.4 Å². The van der Waals surface area contributed by atoms with Crippen molar-refractivity contribution in [3.05, 3.63) is 65.2 Å². The zero-order valence-electron chi connectivity index (χ0n) is 14.9. The molecular formula is C20H16BrClFN3O2. The zero-order valence-corrected chi connectivity index (χ0v) is 17.2. The molecule has 0 aliphatic carbocycles. The number of halogens is 3. The van der Waals surface area contributed by atoms with E-state index in [0.29, 0.717) is 39.1 Å². The summed E-state index contributed by atoms with van der Waals surface area (Å²) in [6.45, 7) is 0. The minimum atomic E-state index is -0.498. The normalized spacial score (nSPS) is 11.1. The Balaban J connectivity index is 2.01. The number of ether oxygens (including phenoxy) is 1. The lowest BCUT2D eigenvalue weighted by molar-refractivity contribution is -0.114. The number of fused-ring (bicyclic) bond motifs is 1. The number of nitrogens with one attached hydrogen (secondary N) is 1. The Morgan fingerprint density at radius 2 is 2.14 bits per heavy atom. The van der Waals surface area contributed by atoms with Crippen molar-refractivity contribution >= 4 is 55.7 Å². The highest BCUT2D eigenvalue weighted by Crippen LogP contribution is 2.31. The van der Waals surface area contributed by atoms with Gasteiger partial charge in [-0.15, -0.1) is 0 Å². The molecule has 0 atom stereocenters. The number of benzene rings is 2. The van der Waals surface area contributed by atoms with Crippen molar-refractivity contribution in [1.29, 1.82) is 0 Å². The van der Waals surface area contributed by atoms with Crippen LogP contribution in [0.5, 0.6) is 5.75 Å². The number of anilines is 2. The number of aromatic nitrogens is 2. The maximum absolute atomic E-state index is 13.4. The predicted octanol–water partition coefficient (Wildman–Crippen LogP) is 5.24. The first kappa shape index (κ1) is 20.2. The number of carbonyl (C=O) groups is 1. The summed E-state index contributed by atoms with van der Waals surface area (Å²) in [4.78, 5) is 20.7. The lowest BCUT2D eigenvalue weighted by atomic mass is 10.0. The summed E-state index contributed by atoms with van der Waals surface area (Å²) in [7, 11) is 1.55. The number of carbonyl (C=O) groups excluding carboxylic acids is 1. The number of rotatable bonds is 7. The number of alkyl halides is 1. The van der Waals surface area contributed by atoms with E-state index in [1.54, 1.807) is 25.3 Å². The third-order valence-electron chi connectivity index (χ3n) is 3.98. The molecule has 28 heavy (non-hydrogen) atoms. The molecule has 0 saturated heterocycles. The predicted molar refractivity (Wildman–Crippen MR) is 112 cm³/mol. The molecule has 1 aromatic heterocycles. The van der Waals surface area contributed by atoms with Crippen LogP contribution in [-0.2, 0) is 11.2 Å². The zero-order chi connectivity index (χ0) is 20.1. The SMILES string of the molecule is COc1cc2ncnc(Nc3ccc(F)c(Cl)c3)c2cc1CC(=O)/C=C/CBr. The van der Waals surface area contributed by atoms with Gasteiger partial charge in [-0.05, 0) is 30.3 Å². The topological polar surface area (TPSA) is 64.1 Å². The smallest absolute Gasteiger partial charge is 0.159 e. The number of hydrogen-bond donors (Lipinski definition) is 1. The second kappa shape index (κ2) is 9.12. The van der Waals surface area contributed by atoms with E-state index < -0.39 is 5.82 Å². The van der Waals surface area contributed by atoms with Gasteiger partial charge in [0.25, 0.3) is 0 Å². The summed E-state index contributed by atoms with van der Waals surface area (Å²) in [6, 6.07) is 7.90. The van der Waals surface area contributed by atoms with Crippen molar-refractivity contribution in [3.63, 3.8) is 0 Å². The maximum atomic E-state index is 13.4. The van der Waals surface area contributed by atoms with Crippen molar-refractivity contribution < 1.29 is 13.9 Å². The molecule has 0 amide bonds. The molecule has 2 aromatic carbocycles. The van der Waals surface area contributed by atoms with Crippen LogP contribution in [0.1, 0.15) is 5.56 Å². The molecule has 0 radical (unpaired) electrons. The Morgan fingerprint density at radius 3 is 2.86 bits per heavy atom. The molecule has 5 nitrogen and oxygen atoms in total. The second-order valence-corrected chi connectivity index (χ2v) is 6.91. The van der Waals surface area contributed by atoms with Gasteiger partial charge in [-0.1, -0.05) is 33.6 Å². The average Bonchev–Trinajstić information content (AvgIpc) is 2.69. The van der Waals surface area contributed by atoms with Crippen LogP contribution < -0.4 is 10.1 Å². The number of methoxy groups -OCH3 is 1. The van der Waals surface area contributed by atoms with Crippen LogP contribution in [0.3, 0.4) is 0 Å². The van der Waals surface area contributed by atoms with Crippen LogP contribution in [0.15, 0.2) is 48.8 Å². The highest BCUT2D eigenvalue weighted by molar-refractivity contribution is 9.09. The van der Waals surface area contributed by atoms with Gasteiger partial charge in [0.2, 0.25) is 0 Å². The second-order valence-electron chi connectivity index (χ2n) is 5.86. The minimum Gasteiger partial charge on any atom is -0.496 e. The molecular weight excluding hydrogens is 449 g/mol. The van der Waals surface area contributed by atoms with E-state index in [4.69, 9.17) is 16.3 Å². The third kappa shape index (κ3) is 4.66. The summed E-state index contributed by atoms with van der Waals surface area (Å²) in [6.07, 6.45) is 4.86.